The Morgan fingerprint density at radius 2 is 2.03 bits per heavy atom. The van der Waals surface area contributed by atoms with Crippen molar-refractivity contribution in [2.45, 2.75) is 67.4 Å². The summed E-state index contributed by atoms with van der Waals surface area (Å²) in [6.07, 6.45) is 1.37. The number of hydrogen-bond acceptors (Lipinski definition) is 5. The molecule has 0 saturated carbocycles. The first-order valence-electron chi connectivity index (χ1n) is 12.0. The van der Waals surface area contributed by atoms with Gasteiger partial charge in [0.05, 0.1) is 29.2 Å². The highest BCUT2D eigenvalue weighted by Crippen LogP contribution is 2.68. The Balaban J connectivity index is 1.81. The van der Waals surface area contributed by atoms with Crippen LogP contribution in [0, 0.1) is 31.6 Å². The molecule has 7 nitrogen and oxygen atoms in total. The van der Waals surface area contributed by atoms with Crippen molar-refractivity contribution in [2.75, 3.05) is 19.0 Å². The van der Waals surface area contributed by atoms with Gasteiger partial charge in [0.2, 0.25) is 17.7 Å². The number of amides is 3. The number of nitrogens with zero attached hydrogens (tertiary/aromatic N) is 1. The molecule has 3 aliphatic heterocycles. The molecule has 1 spiro atoms. The number of fused-ring (bicyclic) bond motifs is 1. The first kappa shape index (κ1) is 25.5. The number of benzene rings is 1. The van der Waals surface area contributed by atoms with Gasteiger partial charge in [-0.2, -0.15) is 0 Å². The van der Waals surface area contributed by atoms with Crippen molar-refractivity contribution in [2.24, 2.45) is 17.8 Å². The number of carbonyl (C=O) groups excluding carboxylic acids is 3. The molecule has 3 amide bonds. The number of thioether (sulfide) groups is 1. The number of anilines is 1. The molecule has 3 fully saturated rings. The molecule has 2 bridgehead atoms. The van der Waals surface area contributed by atoms with Gasteiger partial charge in [0.25, 0.3) is 0 Å². The summed E-state index contributed by atoms with van der Waals surface area (Å²) in [5, 5.41) is 16.1. The molecule has 3 aliphatic rings. The highest BCUT2D eigenvalue weighted by molar-refractivity contribution is 9.09. The predicted octanol–water partition coefficient (Wildman–Crippen LogP) is 2.86. The lowest BCUT2D eigenvalue weighted by Gasteiger charge is -2.39. The number of aliphatic hydroxyl groups is 1. The summed E-state index contributed by atoms with van der Waals surface area (Å²) >= 11 is 5.36. The van der Waals surface area contributed by atoms with Crippen LogP contribution in [0.3, 0.4) is 0 Å². The van der Waals surface area contributed by atoms with E-state index in [0.29, 0.717) is 6.42 Å². The Morgan fingerprint density at radius 3 is 2.65 bits per heavy atom. The van der Waals surface area contributed by atoms with E-state index < -0.39 is 28.7 Å². The fourth-order valence-corrected chi connectivity index (χ4v) is 9.68. The van der Waals surface area contributed by atoms with Gasteiger partial charge in [0, 0.05) is 22.8 Å². The summed E-state index contributed by atoms with van der Waals surface area (Å²) in [5.74, 6) is -1.72. The van der Waals surface area contributed by atoms with Crippen molar-refractivity contribution in [1.82, 2.24) is 10.2 Å². The van der Waals surface area contributed by atoms with E-state index in [1.807, 2.05) is 45.9 Å². The first-order chi connectivity index (χ1) is 16.1. The number of alkyl halides is 1. The van der Waals surface area contributed by atoms with Crippen LogP contribution in [0.4, 0.5) is 5.69 Å². The van der Waals surface area contributed by atoms with Crippen molar-refractivity contribution in [3.63, 3.8) is 0 Å². The monoisotopic (exact) mass is 551 g/mol. The van der Waals surface area contributed by atoms with E-state index in [9.17, 15) is 19.5 Å². The standard InChI is InChI=1S/C25H34BrN3O4S/c1-6-13(3)17(11-30)29-21(23(32)28-16-9-12(2)7-8-14(16)4)25-10-15(26)20(34-25)18(22(31)27-5)19(25)24(29)33/h7-9,13,15,17-21,30H,6,10-11H2,1-5H3,(H,27,31)(H,28,32)/t13-,15?,17-,18+,19-,20+,21?,25?/m0/s1. The Bertz CT molecular complexity index is 1010. The maximum absolute atomic E-state index is 14.0. The van der Waals surface area contributed by atoms with E-state index in [2.05, 4.69) is 26.6 Å². The van der Waals surface area contributed by atoms with Crippen LogP contribution in [0.5, 0.6) is 0 Å². The average Bonchev–Trinajstić information content (AvgIpc) is 3.40. The predicted molar refractivity (Wildman–Crippen MR) is 138 cm³/mol. The molecule has 0 aliphatic carbocycles. The van der Waals surface area contributed by atoms with Gasteiger partial charge in [-0.1, -0.05) is 48.3 Å². The molecule has 1 aromatic rings. The molecule has 186 valence electrons. The van der Waals surface area contributed by atoms with Crippen LogP contribution >= 0.6 is 27.7 Å². The lowest BCUT2D eigenvalue weighted by molar-refractivity contribution is -0.143. The van der Waals surface area contributed by atoms with Gasteiger partial charge in [-0.15, -0.1) is 11.8 Å². The van der Waals surface area contributed by atoms with E-state index in [-0.39, 0.29) is 40.3 Å². The van der Waals surface area contributed by atoms with Crippen molar-refractivity contribution in [3.05, 3.63) is 29.3 Å². The number of halogens is 1. The third-order valence-electron chi connectivity index (χ3n) is 8.02. The maximum Gasteiger partial charge on any atom is 0.248 e. The number of hydrogen-bond donors (Lipinski definition) is 3. The molecule has 0 radical (unpaired) electrons. The summed E-state index contributed by atoms with van der Waals surface area (Å²) in [6, 6.07) is 4.62. The van der Waals surface area contributed by atoms with Gasteiger partial charge >= 0.3 is 0 Å². The van der Waals surface area contributed by atoms with Crippen LogP contribution in [0.15, 0.2) is 18.2 Å². The first-order valence-corrected chi connectivity index (χ1v) is 13.7. The van der Waals surface area contributed by atoms with Gasteiger partial charge < -0.3 is 20.6 Å². The summed E-state index contributed by atoms with van der Waals surface area (Å²) in [4.78, 5) is 42.7. The van der Waals surface area contributed by atoms with Crippen LogP contribution in [-0.2, 0) is 14.4 Å². The quantitative estimate of drug-likeness (QED) is 0.452. The molecule has 0 aromatic heterocycles. The molecule has 3 unspecified atom stereocenters. The Hall–Kier alpha value is -1.58. The Morgan fingerprint density at radius 1 is 1.32 bits per heavy atom. The van der Waals surface area contributed by atoms with Crippen LogP contribution in [-0.4, -0.2) is 68.3 Å². The molecule has 3 N–H and O–H groups in total. The highest BCUT2D eigenvalue weighted by Gasteiger charge is 2.76. The molecule has 9 heteroatoms. The number of aliphatic hydroxyl groups excluding tert-OH is 1. The van der Waals surface area contributed by atoms with Gasteiger partial charge in [0.1, 0.15) is 6.04 Å². The minimum absolute atomic E-state index is 0.000557. The molecule has 34 heavy (non-hydrogen) atoms. The molecule has 4 rings (SSSR count). The van der Waals surface area contributed by atoms with E-state index in [0.717, 1.165) is 23.2 Å². The lowest BCUT2D eigenvalue weighted by Crippen LogP contribution is -2.56. The Kier molecular flexibility index (Phi) is 7.10. The normalized spacial score (nSPS) is 33.6. The average molecular weight is 553 g/mol. The van der Waals surface area contributed by atoms with Crippen LogP contribution in [0.25, 0.3) is 0 Å². The fraction of sp³-hybridized carbons (Fsp3) is 0.640. The van der Waals surface area contributed by atoms with E-state index in [1.165, 1.54) is 0 Å². The number of aryl methyl sites for hydroxylation is 2. The lowest BCUT2D eigenvalue weighted by atomic mass is 9.70. The topological polar surface area (TPSA) is 98.7 Å². The molecule has 8 atom stereocenters. The van der Waals surface area contributed by atoms with Gasteiger partial charge in [-0.3, -0.25) is 14.4 Å². The van der Waals surface area contributed by atoms with Crippen molar-refractivity contribution in [3.8, 4) is 0 Å². The van der Waals surface area contributed by atoms with Gasteiger partial charge in [0.15, 0.2) is 0 Å². The van der Waals surface area contributed by atoms with E-state index >= 15 is 0 Å². The van der Waals surface area contributed by atoms with Crippen molar-refractivity contribution < 1.29 is 19.5 Å². The fourth-order valence-electron chi connectivity index (χ4n) is 6.08. The maximum atomic E-state index is 14.0. The SMILES string of the molecule is CC[C@H](C)[C@H](CO)N1C(=O)[C@@H]2[C@@H](C(=O)NC)[C@@H]3SC2(CC3Br)C1C(=O)Nc1cc(C)ccc1C. The zero-order valence-electron chi connectivity index (χ0n) is 20.3. The second kappa shape index (κ2) is 9.47. The molecule has 3 saturated heterocycles. The van der Waals surface area contributed by atoms with Crippen molar-refractivity contribution in [1.29, 1.82) is 0 Å². The minimum Gasteiger partial charge on any atom is -0.394 e. The molecular formula is C25H34BrN3O4S. The van der Waals surface area contributed by atoms with Gasteiger partial charge in [-0.25, -0.2) is 0 Å². The molecular weight excluding hydrogens is 518 g/mol. The second-order valence-corrected chi connectivity index (χ2v) is 12.7. The number of rotatable bonds is 7. The summed E-state index contributed by atoms with van der Waals surface area (Å²) in [6.45, 7) is 7.69. The summed E-state index contributed by atoms with van der Waals surface area (Å²) < 4.78 is -0.726. The zero-order chi connectivity index (χ0) is 24.9. The molecule has 1 aromatic carbocycles. The summed E-state index contributed by atoms with van der Waals surface area (Å²) in [7, 11) is 1.59. The van der Waals surface area contributed by atoms with Crippen LogP contribution in [0.2, 0.25) is 0 Å². The van der Waals surface area contributed by atoms with E-state index in [4.69, 9.17) is 0 Å². The van der Waals surface area contributed by atoms with Crippen LogP contribution in [0.1, 0.15) is 37.8 Å². The third-order valence-corrected chi connectivity index (χ3v) is 11.2. The Labute approximate surface area is 213 Å². The number of carbonyl (C=O) groups is 3. The zero-order valence-corrected chi connectivity index (χ0v) is 22.7. The minimum atomic E-state index is -0.777. The van der Waals surface area contributed by atoms with E-state index in [1.54, 1.807) is 23.7 Å². The second-order valence-electron chi connectivity index (χ2n) is 9.97. The highest BCUT2D eigenvalue weighted by atomic mass is 79.9. The van der Waals surface area contributed by atoms with Crippen molar-refractivity contribution >= 4 is 51.1 Å². The smallest absolute Gasteiger partial charge is 0.248 e. The number of likely N-dealkylation sites (tertiary alicyclic amines) is 1. The van der Waals surface area contributed by atoms with Gasteiger partial charge in [-0.05, 0) is 43.4 Å². The molecule has 3 heterocycles. The summed E-state index contributed by atoms with van der Waals surface area (Å²) in [5.41, 5.74) is 2.69. The number of nitrogens with one attached hydrogen (secondary N) is 2. The van der Waals surface area contributed by atoms with Crippen LogP contribution < -0.4 is 10.6 Å². The largest absolute Gasteiger partial charge is 0.394 e. The third kappa shape index (κ3) is 3.78.